The molecule has 1 rings (SSSR count). The monoisotopic (exact) mass is 305 g/mol. The van der Waals surface area contributed by atoms with Gasteiger partial charge < -0.3 is 9.67 Å². The Morgan fingerprint density at radius 2 is 1.95 bits per heavy atom. The summed E-state index contributed by atoms with van der Waals surface area (Å²) in [5, 5.41) is 8.68. The number of carboxylic acid groups (broad SMARTS) is 1. The van der Waals surface area contributed by atoms with Gasteiger partial charge in [0.2, 0.25) is 10.0 Å². The molecule has 0 saturated heterocycles. The largest absolute Gasteiger partial charge is 0.481 e. The molecule has 2 N–H and O–H groups in total. The van der Waals surface area contributed by atoms with Gasteiger partial charge in [-0.25, -0.2) is 17.9 Å². The average Bonchev–Trinajstić information content (AvgIpc) is 2.37. The van der Waals surface area contributed by atoms with Crippen molar-refractivity contribution in [1.29, 1.82) is 0 Å². The molecule has 10 heteroatoms. The van der Waals surface area contributed by atoms with E-state index < -0.39 is 38.1 Å². The molecule has 0 aliphatic heterocycles. The first-order valence-electron chi connectivity index (χ1n) is 5.57. The maximum absolute atomic E-state index is 12.0. The van der Waals surface area contributed by atoms with Gasteiger partial charge in [-0.1, -0.05) is 6.92 Å². The molecule has 0 aliphatic rings. The zero-order valence-electron chi connectivity index (χ0n) is 11.2. The number of aryl methyl sites for hydroxylation is 1. The van der Waals surface area contributed by atoms with Gasteiger partial charge in [0.05, 0.1) is 5.92 Å². The van der Waals surface area contributed by atoms with Crippen molar-refractivity contribution in [3.05, 3.63) is 27.0 Å². The van der Waals surface area contributed by atoms with Crippen molar-refractivity contribution in [1.82, 2.24) is 13.9 Å². The molecule has 0 spiro atoms. The van der Waals surface area contributed by atoms with Gasteiger partial charge in [0.15, 0.2) is 4.90 Å². The molecule has 0 fully saturated rings. The van der Waals surface area contributed by atoms with E-state index in [0.717, 1.165) is 17.8 Å². The standard InChI is InChI=1S/C10H15N3O6S/c1-6(9(15)16)4-11-20(18,19)7-5-12(2)10(17)13(3)8(7)14/h5-6,11H,4H2,1-3H3,(H,15,16). The predicted octanol–water partition coefficient (Wildman–Crippen LogP) is -1.92. The molecule has 20 heavy (non-hydrogen) atoms. The van der Waals surface area contributed by atoms with Crippen LogP contribution in [0.2, 0.25) is 0 Å². The summed E-state index contributed by atoms with van der Waals surface area (Å²) in [6.07, 6.45) is 0.901. The van der Waals surface area contributed by atoms with Gasteiger partial charge in [-0.2, -0.15) is 0 Å². The van der Waals surface area contributed by atoms with E-state index in [1.54, 1.807) is 0 Å². The van der Waals surface area contributed by atoms with Gasteiger partial charge in [0.25, 0.3) is 5.56 Å². The van der Waals surface area contributed by atoms with Gasteiger partial charge in [0.1, 0.15) is 0 Å². The molecular weight excluding hydrogens is 290 g/mol. The molecule has 0 aliphatic carbocycles. The molecule has 1 atom stereocenters. The Labute approximate surface area is 114 Å². The van der Waals surface area contributed by atoms with E-state index in [-0.39, 0.29) is 6.54 Å². The fourth-order valence-corrected chi connectivity index (χ4v) is 2.65. The number of carbonyl (C=O) groups is 1. The normalized spacial score (nSPS) is 13.2. The molecule has 0 aromatic carbocycles. The van der Waals surface area contributed by atoms with Gasteiger partial charge in [-0.15, -0.1) is 0 Å². The Bertz CT molecular complexity index is 745. The van der Waals surface area contributed by atoms with E-state index in [1.165, 1.54) is 14.0 Å². The third-order valence-electron chi connectivity index (χ3n) is 2.71. The Morgan fingerprint density at radius 3 is 2.45 bits per heavy atom. The lowest BCUT2D eigenvalue weighted by atomic mass is 10.2. The molecule has 1 aromatic heterocycles. The summed E-state index contributed by atoms with van der Waals surface area (Å²) in [6.45, 7) is 0.966. The number of aromatic nitrogens is 2. The van der Waals surface area contributed by atoms with Gasteiger partial charge in [-0.05, 0) is 0 Å². The van der Waals surface area contributed by atoms with Crippen LogP contribution in [0.15, 0.2) is 20.7 Å². The van der Waals surface area contributed by atoms with Crippen LogP contribution in [-0.2, 0) is 28.9 Å². The summed E-state index contributed by atoms with van der Waals surface area (Å²) in [6, 6.07) is 0. The van der Waals surface area contributed by atoms with E-state index in [0.29, 0.717) is 4.57 Å². The Hall–Kier alpha value is -1.94. The van der Waals surface area contributed by atoms with Gasteiger partial charge >= 0.3 is 11.7 Å². The summed E-state index contributed by atoms with van der Waals surface area (Å²) < 4.78 is 27.6. The minimum atomic E-state index is -4.19. The molecule has 0 radical (unpaired) electrons. The molecule has 9 nitrogen and oxygen atoms in total. The van der Waals surface area contributed by atoms with Crippen molar-refractivity contribution in [3.8, 4) is 0 Å². The Balaban J connectivity index is 3.21. The van der Waals surface area contributed by atoms with Crippen LogP contribution in [0.25, 0.3) is 0 Å². The Kier molecular flexibility index (Phi) is 4.50. The molecule has 1 aromatic rings. The maximum atomic E-state index is 12.0. The van der Waals surface area contributed by atoms with Crippen LogP contribution in [0.3, 0.4) is 0 Å². The number of nitrogens with one attached hydrogen (secondary N) is 1. The minimum absolute atomic E-state index is 0.357. The SMILES string of the molecule is CC(CNS(=O)(=O)c1cn(C)c(=O)n(C)c1=O)C(=O)O. The van der Waals surface area contributed by atoms with Gasteiger partial charge in [0, 0.05) is 26.8 Å². The van der Waals surface area contributed by atoms with Crippen molar-refractivity contribution in [3.63, 3.8) is 0 Å². The lowest BCUT2D eigenvalue weighted by molar-refractivity contribution is -0.140. The second kappa shape index (κ2) is 5.59. The number of rotatable bonds is 5. The smallest absolute Gasteiger partial charge is 0.330 e. The highest BCUT2D eigenvalue weighted by molar-refractivity contribution is 7.89. The quantitative estimate of drug-likeness (QED) is 0.653. The maximum Gasteiger partial charge on any atom is 0.330 e. The van der Waals surface area contributed by atoms with Crippen LogP contribution in [-0.4, -0.2) is 35.2 Å². The summed E-state index contributed by atoms with van der Waals surface area (Å²) in [4.78, 5) is 33.3. The highest BCUT2D eigenvalue weighted by atomic mass is 32.2. The van der Waals surface area contributed by atoms with Crippen molar-refractivity contribution in [2.24, 2.45) is 20.0 Å². The average molecular weight is 305 g/mol. The highest BCUT2D eigenvalue weighted by Gasteiger charge is 2.23. The van der Waals surface area contributed by atoms with E-state index in [9.17, 15) is 22.8 Å². The fourth-order valence-electron chi connectivity index (χ4n) is 1.36. The second-order valence-electron chi connectivity index (χ2n) is 4.34. The Morgan fingerprint density at radius 1 is 1.40 bits per heavy atom. The van der Waals surface area contributed by atoms with E-state index in [1.807, 2.05) is 4.72 Å². The summed E-state index contributed by atoms with van der Waals surface area (Å²) >= 11 is 0. The molecule has 112 valence electrons. The highest BCUT2D eigenvalue weighted by Crippen LogP contribution is 2.01. The van der Waals surface area contributed by atoms with E-state index in [2.05, 4.69) is 0 Å². The first-order chi connectivity index (χ1) is 9.08. The van der Waals surface area contributed by atoms with Crippen LogP contribution >= 0.6 is 0 Å². The van der Waals surface area contributed by atoms with E-state index >= 15 is 0 Å². The van der Waals surface area contributed by atoms with Crippen molar-refractivity contribution < 1.29 is 18.3 Å². The zero-order valence-corrected chi connectivity index (χ0v) is 12.0. The van der Waals surface area contributed by atoms with Crippen LogP contribution in [0.4, 0.5) is 0 Å². The molecule has 0 amide bonds. The predicted molar refractivity (Wildman–Crippen MR) is 68.9 cm³/mol. The van der Waals surface area contributed by atoms with Crippen molar-refractivity contribution >= 4 is 16.0 Å². The second-order valence-corrected chi connectivity index (χ2v) is 6.08. The zero-order chi connectivity index (χ0) is 15.7. The third kappa shape index (κ3) is 3.14. The summed E-state index contributed by atoms with van der Waals surface area (Å²) in [5.41, 5.74) is -1.63. The number of hydrogen-bond acceptors (Lipinski definition) is 5. The lowest BCUT2D eigenvalue weighted by Crippen LogP contribution is -2.42. The number of nitrogens with zero attached hydrogens (tertiary/aromatic N) is 2. The number of hydrogen-bond donors (Lipinski definition) is 2. The van der Waals surface area contributed by atoms with Crippen molar-refractivity contribution in [2.75, 3.05) is 6.54 Å². The van der Waals surface area contributed by atoms with Crippen LogP contribution < -0.4 is 16.0 Å². The first-order valence-corrected chi connectivity index (χ1v) is 7.05. The number of aliphatic carboxylic acids is 1. The number of sulfonamides is 1. The topological polar surface area (TPSA) is 127 Å². The van der Waals surface area contributed by atoms with Gasteiger partial charge in [-0.3, -0.25) is 14.2 Å². The summed E-state index contributed by atoms with van der Waals surface area (Å²) in [5.74, 6) is -2.11. The molecular formula is C10H15N3O6S. The molecule has 1 heterocycles. The summed E-state index contributed by atoms with van der Waals surface area (Å²) in [7, 11) is -1.73. The van der Waals surface area contributed by atoms with E-state index in [4.69, 9.17) is 5.11 Å². The van der Waals surface area contributed by atoms with Crippen LogP contribution in [0.5, 0.6) is 0 Å². The fraction of sp³-hybridized carbons (Fsp3) is 0.500. The third-order valence-corrected chi connectivity index (χ3v) is 4.11. The van der Waals surface area contributed by atoms with Crippen LogP contribution in [0, 0.1) is 5.92 Å². The number of carboxylic acids is 1. The molecule has 1 unspecified atom stereocenters. The minimum Gasteiger partial charge on any atom is -0.481 e. The first kappa shape index (κ1) is 16.1. The van der Waals surface area contributed by atoms with Crippen molar-refractivity contribution in [2.45, 2.75) is 11.8 Å². The molecule has 0 saturated carbocycles. The molecule has 0 bridgehead atoms. The van der Waals surface area contributed by atoms with Crippen LogP contribution in [0.1, 0.15) is 6.92 Å². The lowest BCUT2D eigenvalue weighted by Gasteiger charge is -2.10.